The minimum atomic E-state index is -1.02. The van der Waals surface area contributed by atoms with Gasteiger partial charge in [-0.25, -0.2) is 4.39 Å². The minimum absolute atomic E-state index is 0.0441. The first-order chi connectivity index (χ1) is 14.7. The van der Waals surface area contributed by atoms with Gasteiger partial charge in [0.05, 0.1) is 0 Å². The highest BCUT2D eigenvalue weighted by Gasteiger charge is 2.46. The second-order valence-electron chi connectivity index (χ2n) is 8.68. The van der Waals surface area contributed by atoms with Crippen molar-refractivity contribution in [3.05, 3.63) is 64.9 Å². The first-order valence-corrected chi connectivity index (χ1v) is 10.9. The molecule has 4 rings (SSSR count). The van der Waals surface area contributed by atoms with Gasteiger partial charge >= 0.3 is 0 Å². The molecule has 31 heavy (non-hydrogen) atoms. The van der Waals surface area contributed by atoms with E-state index in [9.17, 15) is 14.0 Å². The Morgan fingerprint density at radius 2 is 1.55 bits per heavy atom. The fraction of sp³-hybridized carbons (Fsp3) is 0.417. The highest BCUT2D eigenvalue weighted by Crippen LogP contribution is 2.48. The molecule has 164 valence electrons. The molecule has 1 heterocycles. The standard InChI is InChI=1S/C24H26ClFN2O3/c1-24(2,31-19-9-5-17(25)6-10-19)23(30)28-13-11-27(12-14-28)22(29)21-15-20(21)16-3-7-18(26)8-4-16/h3-10,20-21H,11-15H2,1-2H3/t20-,21-/m1/s1. The van der Waals surface area contributed by atoms with Gasteiger partial charge in [-0.15, -0.1) is 0 Å². The Labute approximate surface area is 186 Å². The molecule has 2 aromatic carbocycles. The van der Waals surface area contributed by atoms with Crippen molar-refractivity contribution in [2.75, 3.05) is 26.2 Å². The van der Waals surface area contributed by atoms with Crippen LogP contribution < -0.4 is 4.74 Å². The Morgan fingerprint density at radius 1 is 0.968 bits per heavy atom. The Bertz CT molecular complexity index is 954. The van der Waals surface area contributed by atoms with Crippen LogP contribution in [0.5, 0.6) is 5.75 Å². The predicted octanol–water partition coefficient (Wildman–Crippen LogP) is 4.11. The average molecular weight is 445 g/mol. The number of hydrogen-bond acceptors (Lipinski definition) is 3. The van der Waals surface area contributed by atoms with Crippen molar-refractivity contribution < 1.29 is 18.7 Å². The minimum Gasteiger partial charge on any atom is -0.478 e. The molecule has 1 aliphatic carbocycles. The molecular formula is C24H26ClFN2O3. The normalized spacial score (nSPS) is 21.0. The maximum atomic E-state index is 13.1. The summed E-state index contributed by atoms with van der Waals surface area (Å²) in [5, 5.41) is 0.606. The zero-order valence-corrected chi connectivity index (χ0v) is 18.4. The Morgan fingerprint density at radius 3 is 2.16 bits per heavy atom. The number of carbonyl (C=O) groups is 2. The van der Waals surface area contributed by atoms with Crippen molar-refractivity contribution in [1.82, 2.24) is 9.80 Å². The van der Waals surface area contributed by atoms with Crippen LogP contribution in [-0.4, -0.2) is 53.4 Å². The van der Waals surface area contributed by atoms with Gasteiger partial charge in [0.25, 0.3) is 5.91 Å². The topological polar surface area (TPSA) is 49.9 Å². The summed E-state index contributed by atoms with van der Waals surface area (Å²) in [5.41, 5.74) is -0.0147. The monoisotopic (exact) mass is 444 g/mol. The molecule has 1 aliphatic heterocycles. The number of nitrogens with zero attached hydrogens (tertiary/aromatic N) is 2. The molecule has 5 nitrogen and oxygen atoms in total. The van der Waals surface area contributed by atoms with E-state index < -0.39 is 5.60 Å². The quantitative estimate of drug-likeness (QED) is 0.697. The summed E-state index contributed by atoms with van der Waals surface area (Å²) < 4.78 is 19.0. The summed E-state index contributed by atoms with van der Waals surface area (Å²) in [5.74, 6) is 0.452. The highest BCUT2D eigenvalue weighted by molar-refractivity contribution is 6.30. The van der Waals surface area contributed by atoms with Crippen molar-refractivity contribution in [1.29, 1.82) is 0 Å². The van der Waals surface area contributed by atoms with E-state index in [1.165, 1.54) is 12.1 Å². The first-order valence-electron chi connectivity index (χ1n) is 10.5. The average Bonchev–Trinajstić information content (AvgIpc) is 3.56. The third kappa shape index (κ3) is 4.85. The van der Waals surface area contributed by atoms with Crippen LogP contribution >= 0.6 is 11.6 Å². The van der Waals surface area contributed by atoms with Crippen LogP contribution in [0.3, 0.4) is 0 Å². The number of amides is 2. The van der Waals surface area contributed by atoms with Gasteiger partial charge in [0.1, 0.15) is 11.6 Å². The Hall–Kier alpha value is -2.60. The van der Waals surface area contributed by atoms with Gasteiger partial charge in [0.15, 0.2) is 5.60 Å². The lowest BCUT2D eigenvalue weighted by atomic mass is 10.1. The van der Waals surface area contributed by atoms with Gasteiger partial charge in [0.2, 0.25) is 5.91 Å². The molecule has 2 aromatic rings. The Balaban J connectivity index is 1.30. The van der Waals surface area contributed by atoms with Crippen LogP contribution in [-0.2, 0) is 9.59 Å². The second-order valence-corrected chi connectivity index (χ2v) is 9.12. The number of piperazine rings is 1. The number of carbonyl (C=O) groups excluding carboxylic acids is 2. The highest BCUT2D eigenvalue weighted by atomic mass is 35.5. The molecule has 0 spiro atoms. The molecule has 2 atom stereocenters. The summed E-state index contributed by atoms with van der Waals surface area (Å²) in [7, 11) is 0. The number of ether oxygens (including phenoxy) is 1. The SMILES string of the molecule is CC(C)(Oc1ccc(Cl)cc1)C(=O)N1CCN(C(=O)[C@@H]2C[C@@H]2c2ccc(F)cc2)CC1. The van der Waals surface area contributed by atoms with E-state index in [0.29, 0.717) is 37.0 Å². The number of rotatable bonds is 5. The fourth-order valence-corrected chi connectivity index (χ4v) is 4.26. The van der Waals surface area contributed by atoms with Crippen molar-refractivity contribution >= 4 is 23.4 Å². The zero-order chi connectivity index (χ0) is 22.2. The summed E-state index contributed by atoms with van der Waals surface area (Å²) >= 11 is 5.91. The van der Waals surface area contributed by atoms with E-state index >= 15 is 0 Å². The van der Waals surface area contributed by atoms with Crippen molar-refractivity contribution in [2.45, 2.75) is 31.8 Å². The second kappa shape index (κ2) is 8.50. The number of hydrogen-bond donors (Lipinski definition) is 0. The van der Waals surface area contributed by atoms with E-state index in [4.69, 9.17) is 16.3 Å². The van der Waals surface area contributed by atoms with Crippen LogP contribution in [0.4, 0.5) is 4.39 Å². The predicted molar refractivity (Wildman–Crippen MR) is 117 cm³/mol. The van der Waals surface area contributed by atoms with Crippen LogP contribution in [0.1, 0.15) is 31.7 Å². The summed E-state index contributed by atoms with van der Waals surface area (Å²) in [6.45, 7) is 5.47. The van der Waals surface area contributed by atoms with E-state index in [-0.39, 0.29) is 29.5 Å². The molecule has 1 saturated carbocycles. The van der Waals surface area contributed by atoms with E-state index in [2.05, 4.69) is 0 Å². The number of benzene rings is 2. The molecule has 0 aromatic heterocycles. The van der Waals surface area contributed by atoms with Crippen molar-refractivity contribution in [2.24, 2.45) is 5.92 Å². The molecule has 1 saturated heterocycles. The first kappa shape index (κ1) is 21.6. The summed E-state index contributed by atoms with van der Waals surface area (Å²) in [6, 6.07) is 13.3. The van der Waals surface area contributed by atoms with Gasteiger partial charge in [-0.2, -0.15) is 0 Å². The van der Waals surface area contributed by atoms with Crippen LogP contribution in [0.25, 0.3) is 0 Å². The fourth-order valence-electron chi connectivity index (χ4n) is 4.13. The van der Waals surface area contributed by atoms with Crippen molar-refractivity contribution in [3.8, 4) is 5.75 Å². The molecule has 0 bridgehead atoms. The van der Waals surface area contributed by atoms with Crippen LogP contribution in [0.15, 0.2) is 48.5 Å². The zero-order valence-electron chi connectivity index (χ0n) is 17.7. The molecule has 0 N–H and O–H groups in total. The van der Waals surface area contributed by atoms with Gasteiger partial charge in [0, 0.05) is 37.1 Å². The third-order valence-electron chi connectivity index (χ3n) is 5.99. The molecule has 2 fully saturated rings. The molecule has 0 radical (unpaired) electrons. The van der Waals surface area contributed by atoms with Gasteiger partial charge in [-0.05, 0) is 68.1 Å². The summed E-state index contributed by atoms with van der Waals surface area (Å²) in [6.07, 6.45) is 0.797. The van der Waals surface area contributed by atoms with Crippen LogP contribution in [0, 0.1) is 11.7 Å². The number of halogens is 2. The molecular weight excluding hydrogens is 419 g/mol. The van der Waals surface area contributed by atoms with Crippen LogP contribution in [0.2, 0.25) is 5.02 Å². The molecule has 2 amide bonds. The van der Waals surface area contributed by atoms with Crippen molar-refractivity contribution in [3.63, 3.8) is 0 Å². The lowest BCUT2D eigenvalue weighted by Crippen LogP contribution is -2.56. The van der Waals surface area contributed by atoms with E-state index in [1.54, 1.807) is 55.1 Å². The third-order valence-corrected chi connectivity index (χ3v) is 6.24. The molecule has 2 aliphatic rings. The van der Waals surface area contributed by atoms with Gasteiger partial charge in [-0.3, -0.25) is 9.59 Å². The van der Waals surface area contributed by atoms with E-state index in [1.807, 2.05) is 4.90 Å². The van der Waals surface area contributed by atoms with Gasteiger partial charge in [-0.1, -0.05) is 23.7 Å². The lowest BCUT2D eigenvalue weighted by molar-refractivity contribution is -0.150. The summed E-state index contributed by atoms with van der Waals surface area (Å²) in [4.78, 5) is 29.5. The van der Waals surface area contributed by atoms with Gasteiger partial charge < -0.3 is 14.5 Å². The maximum absolute atomic E-state index is 13.1. The molecule has 7 heteroatoms. The molecule has 0 unspecified atom stereocenters. The lowest BCUT2D eigenvalue weighted by Gasteiger charge is -2.38. The Kier molecular flexibility index (Phi) is 5.93. The maximum Gasteiger partial charge on any atom is 0.266 e. The smallest absolute Gasteiger partial charge is 0.266 e. The largest absolute Gasteiger partial charge is 0.478 e. The van der Waals surface area contributed by atoms with E-state index in [0.717, 1.165) is 12.0 Å².